The summed E-state index contributed by atoms with van der Waals surface area (Å²) in [4.78, 5) is 4.49. The molecule has 0 fully saturated rings. The van der Waals surface area contributed by atoms with Crippen LogP contribution in [0.5, 0.6) is 0 Å². The fourth-order valence-electron chi connectivity index (χ4n) is 2.61. The van der Waals surface area contributed by atoms with Crippen molar-refractivity contribution in [2.24, 2.45) is 7.05 Å². The van der Waals surface area contributed by atoms with E-state index in [0.717, 1.165) is 22.8 Å². The summed E-state index contributed by atoms with van der Waals surface area (Å²) in [6.45, 7) is 2.21. The van der Waals surface area contributed by atoms with Crippen molar-refractivity contribution >= 4 is 27.6 Å². The number of aryl methyl sites for hydroxylation is 2. The molecule has 0 bridgehead atoms. The summed E-state index contributed by atoms with van der Waals surface area (Å²) in [7, 11) is 1.92. The normalized spacial score (nSPS) is 11.5. The molecule has 1 aromatic carbocycles. The Morgan fingerprint density at radius 3 is 2.95 bits per heavy atom. The smallest absolute Gasteiger partial charge is 0.152 e. The maximum Gasteiger partial charge on any atom is 0.152 e. The van der Waals surface area contributed by atoms with E-state index >= 15 is 0 Å². The molecule has 0 radical (unpaired) electrons. The van der Waals surface area contributed by atoms with Crippen LogP contribution >= 0.6 is 0 Å². The van der Waals surface area contributed by atoms with Crippen LogP contribution in [-0.4, -0.2) is 14.8 Å². The number of aromatic nitrogens is 3. The van der Waals surface area contributed by atoms with Gasteiger partial charge in [0, 0.05) is 24.0 Å². The number of hydrogen-bond acceptors (Lipinski definition) is 3. The van der Waals surface area contributed by atoms with Gasteiger partial charge in [-0.3, -0.25) is 4.68 Å². The standard InChI is InChI=1S/C15H18N4/c1-3-4-6-10-7-5-8-12-13(10)11-9-19(2)18-14(11)15(16)17-12/h5,7-9H,3-4,6H2,1-2H3,(H2,16,17). The Morgan fingerprint density at radius 1 is 1.32 bits per heavy atom. The van der Waals surface area contributed by atoms with Crippen LogP contribution in [0.1, 0.15) is 25.3 Å². The van der Waals surface area contributed by atoms with Gasteiger partial charge < -0.3 is 5.73 Å². The zero-order valence-electron chi connectivity index (χ0n) is 11.3. The van der Waals surface area contributed by atoms with Crippen LogP contribution in [0.2, 0.25) is 0 Å². The first-order valence-corrected chi connectivity index (χ1v) is 6.71. The molecule has 19 heavy (non-hydrogen) atoms. The SMILES string of the molecule is CCCCc1cccc2nc(N)c3nn(C)cc3c12. The molecule has 4 nitrogen and oxygen atoms in total. The second-order valence-corrected chi connectivity index (χ2v) is 4.98. The first kappa shape index (κ1) is 12.0. The summed E-state index contributed by atoms with van der Waals surface area (Å²) in [5.41, 5.74) is 9.11. The summed E-state index contributed by atoms with van der Waals surface area (Å²) >= 11 is 0. The minimum Gasteiger partial charge on any atom is -0.382 e. The Labute approximate surface area is 112 Å². The molecule has 3 rings (SSSR count). The van der Waals surface area contributed by atoms with Crippen molar-refractivity contribution in [1.29, 1.82) is 0 Å². The predicted octanol–water partition coefficient (Wildman–Crippen LogP) is 3.05. The minimum absolute atomic E-state index is 0.510. The van der Waals surface area contributed by atoms with Crippen LogP contribution in [0, 0.1) is 0 Å². The molecule has 0 atom stereocenters. The highest BCUT2D eigenvalue weighted by Gasteiger charge is 2.12. The van der Waals surface area contributed by atoms with Crippen LogP contribution < -0.4 is 5.73 Å². The minimum atomic E-state index is 0.510. The lowest BCUT2D eigenvalue weighted by atomic mass is 10.0. The van der Waals surface area contributed by atoms with Crippen LogP contribution in [0.3, 0.4) is 0 Å². The lowest BCUT2D eigenvalue weighted by molar-refractivity contribution is 0.779. The van der Waals surface area contributed by atoms with Crippen molar-refractivity contribution in [2.75, 3.05) is 5.73 Å². The number of fused-ring (bicyclic) bond motifs is 3. The Balaban J connectivity index is 2.36. The third-order valence-electron chi connectivity index (χ3n) is 3.51. The van der Waals surface area contributed by atoms with E-state index < -0.39 is 0 Å². The maximum absolute atomic E-state index is 6.00. The van der Waals surface area contributed by atoms with Gasteiger partial charge in [0.1, 0.15) is 5.52 Å². The molecular formula is C15H18N4. The Hall–Kier alpha value is -2.10. The highest BCUT2D eigenvalue weighted by atomic mass is 15.3. The average molecular weight is 254 g/mol. The third-order valence-corrected chi connectivity index (χ3v) is 3.51. The molecule has 0 saturated carbocycles. The molecule has 0 amide bonds. The second kappa shape index (κ2) is 4.53. The number of nitrogen functional groups attached to an aromatic ring is 1. The highest BCUT2D eigenvalue weighted by molar-refractivity contribution is 6.09. The predicted molar refractivity (Wildman–Crippen MR) is 79.0 cm³/mol. The molecule has 0 aliphatic rings. The zero-order valence-corrected chi connectivity index (χ0v) is 11.3. The van der Waals surface area contributed by atoms with E-state index in [1.807, 2.05) is 19.3 Å². The molecule has 2 heterocycles. The number of benzene rings is 1. The van der Waals surface area contributed by atoms with Crippen molar-refractivity contribution in [2.45, 2.75) is 26.2 Å². The van der Waals surface area contributed by atoms with E-state index in [0.29, 0.717) is 5.82 Å². The zero-order chi connectivity index (χ0) is 13.4. The van der Waals surface area contributed by atoms with E-state index in [1.54, 1.807) is 4.68 Å². The fourth-order valence-corrected chi connectivity index (χ4v) is 2.61. The largest absolute Gasteiger partial charge is 0.382 e. The number of nitrogens with zero attached hydrogens (tertiary/aromatic N) is 3. The first-order valence-electron chi connectivity index (χ1n) is 6.71. The van der Waals surface area contributed by atoms with Gasteiger partial charge in [0.2, 0.25) is 0 Å². The van der Waals surface area contributed by atoms with Gasteiger partial charge in [0.15, 0.2) is 5.82 Å². The number of nitrogens with two attached hydrogens (primary N) is 1. The average Bonchev–Trinajstić information content (AvgIpc) is 2.78. The molecular weight excluding hydrogens is 236 g/mol. The van der Waals surface area contributed by atoms with Gasteiger partial charge in [-0.2, -0.15) is 5.10 Å². The van der Waals surface area contributed by atoms with E-state index in [-0.39, 0.29) is 0 Å². The van der Waals surface area contributed by atoms with Gasteiger partial charge in [-0.05, 0) is 24.5 Å². The molecule has 2 N–H and O–H groups in total. The van der Waals surface area contributed by atoms with Crippen LogP contribution in [0.15, 0.2) is 24.4 Å². The van der Waals surface area contributed by atoms with E-state index in [4.69, 9.17) is 5.73 Å². The topological polar surface area (TPSA) is 56.7 Å². The summed E-state index contributed by atoms with van der Waals surface area (Å²) in [5.74, 6) is 0.510. The van der Waals surface area contributed by atoms with Crippen molar-refractivity contribution in [1.82, 2.24) is 14.8 Å². The Morgan fingerprint density at radius 2 is 2.16 bits per heavy atom. The van der Waals surface area contributed by atoms with Crippen LogP contribution in [-0.2, 0) is 13.5 Å². The lowest BCUT2D eigenvalue weighted by Gasteiger charge is -2.07. The number of pyridine rings is 1. The third kappa shape index (κ3) is 1.93. The Kier molecular flexibility index (Phi) is 2.85. The van der Waals surface area contributed by atoms with Crippen molar-refractivity contribution in [3.05, 3.63) is 30.0 Å². The van der Waals surface area contributed by atoms with Crippen molar-refractivity contribution in [3.8, 4) is 0 Å². The molecule has 2 aromatic heterocycles. The van der Waals surface area contributed by atoms with Gasteiger partial charge in [0.25, 0.3) is 0 Å². The van der Waals surface area contributed by atoms with Crippen LogP contribution in [0.4, 0.5) is 5.82 Å². The monoisotopic (exact) mass is 254 g/mol. The number of anilines is 1. The molecule has 0 aliphatic heterocycles. The summed E-state index contributed by atoms with van der Waals surface area (Å²) in [5, 5.41) is 6.72. The molecule has 0 unspecified atom stereocenters. The number of hydrogen-bond donors (Lipinski definition) is 1. The second-order valence-electron chi connectivity index (χ2n) is 4.98. The van der Waals surface area contributed by atoms with Gasteiger partial charge in [-0.25, -0.2) is 4.98 Å². The molecule has 98 valence electrons. The van der Waals surface area contributed by atoms with E-state index in [2.05, 4.69) is 29.1 Å². The summed E-state index contributed by atoms with van der Waals surface area (Å²) in [6, 6.07) is 6.26. The van der Waals surface area contributed by atoms with Gasteiger partial charge in [-0.15, -0.1) is 0 Å². The van der Waals surface area contributed by atoms with Crippen LogP contribution in [0.25, 0.3) is 21.8 Å². The molecule has 0 aliphatic carbocycles. The summed E-state index contributed by atoms with van der Waals surface area (Å²) in [6.07, 6.45) is 5.48. The van der Waals surface area contributed by atoms with Crippen molar-refractivity contribution in [3.63, 3.8) is 0 Å². The maximum atomic E-state index is 6.00. The summed E-state index contributed by atoms with van der Waals surface area (Å²) < 4.78 is 1.80. The van der Waals surface area contributed by atoms with Gasteiger partial charge in [0.05, 0.1) is 5.52 Å². The Bertz CT molecular complexity index is 743. The number of unbranched alkanes of at least 4 members (excludes halogenated alkanes) is 1. The number of rotatable bonds is 3. The first-order chi connectivity index (χ1) is 9.20. The molecule has 4 heteroatoms. The highest BCUT2D eigenvalue weighted by Crippen LogP contribution is 2.30. The quantitative estimate of drug-likeness (QED) is 0.781. The molecule has 0 spiro atoms. The fraction of sp³-hybridized carbons (Fsp3) is 0.333. The van der Waals surface area contributed by atoms with E-state index in [1.165, 1.54) is 23.8 Å². The van der Waals surface area contributed by atoms with Gasteiger partial charge >= 0.3 is 0 Å². The molecule has 3 aromatic rings. The van der Waals surface area contributed by atoms with Crippen molar-refractivity contribution < 1.29 is 0 Å². The van der Waals surface area contributed by atoms with E-state index in [9.17, 15) is 0 Å². The lowest BCUT2D eigenvalue weighted by Crippen LogP contribution is -1.96. The van der Waals surface area contributed by atoms with Gasteiger partial charge in [-0.1, -0.05) is 25.5 Å². The molecule has 0 saturated heterocycles.